The first-order valence-corrected chi connectivity index (χ1v) is 12.0. The monoisotopic (exact) mass is 446 g/mol. The molecule has 0 bridgehead atoms. The van der Waals surface area contributed by atoms with Gasteiger partial charge >= 0.3 is 0 Å². The summed E-state index contributed by atoms with van der Waals surface area (Å²) in [6.07, 6.45) is 1.11. The molecule has 0 aliphatic rings. The summed E-state index contributed by atoms with van der Waals surface area (Å²) in [5.41, 5.74) is 6.81. The van der Waals surface area contributed by atoms with Gasteiger partial charge in [-0.1, -0.05) is 36.4 Å². The molecule has 0 saturated carbocycles. The van der Waals surface area contributed by atoms with Crippen molar-refractivity contribution in [2.75, 3.05) is 23.4 Å². The number of methoxy groups -OCH3 is 1. The smallest absolute Gasteiger partial charge is 0.229 e. The van der Waals surface area contributed by atoms with Crippen molar-refractivity contribution in [3.8, 4) is 5.75 Å². The van der Waals surface area contributed by atoms with Crippen LogP contribution in [-0.4, -0.2) is 31.8 Å². The average Bonchev–Trinajstić information content (AvgIpc) is 3.13. The first-order valence-electron chi connectivity index (χ1n) is 10.1. The van der Waals surface area contributed by atoms with E-state index in [1.807, 2.05) is 43.3 Å². The highest BCUT2D eigenvalue weighted by Crippen LogP contribution is 2.39. The maximum Gasteiger partial charge on any atom is 0.229 e. The Morgan fingerprint density at radius 1 is 0.969 bits per heavy atom. The number of benzene rings is 3. The highest BCUT2D eigenvalue weighted by molar-refractivity contribution is 7.92. The van der Waals surface area contributed by atoms with Crippen molar-refractivity contribution < 1.29 is 13.2 Å². The van der Waals surface area contributed by atoms with Crippen molar-refractivity contribution >= 4 is 59.9 Å². The molecule has 0 aliphatic heterocycles. The molecule has 2 heterocycles. The predicted octanol–water partition coefficient (Wildman–Crippen LogP) is 5.30. The summed E-state index contributed by atoms with van der Waals surface area (Å²) < 4.78 is 31.3. The number of anilines is 3. The van der Waals surface area contributed by atoms with E-state index in [2.05, 4.69) is 21.1 Å². The van der Waals surface area contributed by atoms with Gasteiger partial charge in [-0.15, -0.1) is 0 Å². The molecule has 0 radical (unpaired) electrons. The normalized spacial score (nSPS) is 11.8. The van der Waals surface area contributed by atoms with E-state index in [0.717, 1.165) is 50.3 Å². The summed E-state index contributed by atoms with van der Waals surface area (Å²) >= 11 is 0. The quantitative estimate of drug-likeness (QED) is 0.340. The lowest BCUT2D eigenvalue weighted by Gasteiger charge is -2.16. The fourth-order valence-corrected chi connectivity index (χ4v) is 4.57. The molecule has 5 rings (SSSR count). The number of sulfonamides is 1. The number of nitrogens with zero attached hydrogens (tertiary/aromatic N) is 1. The second-order valence-corrected chi connectivity index (χ2v) is 9.51. The van der Waals surface area contributed by atoms with Gasteiger partial charge < -0.3 is 15.0 Å². The number of hydrogen-bond acceptors (Lipinski definition) is 5. The minimum atomic E-state index is -3.39. The standard InChI is InChI=1S/C24H22N4O3S/c1-14-7-6-9-17-21(14)27-22-16-8-4-5-10-18(16)25-24(22)23(17)26-19-12-11-15(13-20(19)31-2)28-32(3,29)30/h4-13,25,28H,1-3H3,(H,26,27). The summed E-state index contributed by atoms with van der Waals surface area (Å²) in [6, 6.07) is 19.3. The van der Waals surface area contributed by atoms with Crippen LogP contribution in [0.3, 0.4) is 0 Å². The number of nitrogens with one attached hydrogen (secondary N) is 3. The van der Waals surface area contributed by atoms with Gasteiger partial charge in [0.1, 0.15) is 5.75 Å². The van der Waals surface area contributed by atoms with Gasteiger partial charge in [-0.3, -0.25) is 4.72 Å². The second-order valence-electron chi connectivity index (χ2n) is 7.77. The fraction of sp³-hybridized carbons (Fsp3) is 0.125. The maximum atomic E-state index is 11.6. The molecule has 0 spiro atoms. The predicted molar refractivity (Wildman–Crippen MR) is 131 cm³/mol. The Hall–Kier alpha value is -3.78. The van der Waals surface area contributed by atoms with Crippen LogP contribution in [-0.2, 0) is 10.0 Å². The van der Waals surface area contributed by atoms with E-state index in [9.17, 15) is 8.42 Å². The molecule has 0 aliphatic carbocycles. The van der Waals surface area contributed by atoms with E-state index in [1.165, 1.54) is 0 Å². The number of aryl methyl sites for hydroxylation is 1. The largest absolute Gasteiger partial charge is 0.494 e. The summed E-state index contributed by atoms with van der Waals surface area (Å²) in [5, 5.41) is 5.54. The lowest BCUT2D eigenvalue weighted by Crippen LogP contribution is -2.09. The number of aromatic nitrogens is 2. The van der Waals surface area contributed by atoms with Gasteiger partial charge in [0.15, 0.2) is 0 Å². The lowest BCUT2D eigenvalue weighted by molar-refractivity contribution is 0.417. The Labute approximate surface area is 185 Å². The number of fused-ring (bicyclic) bond motifs is 4. The van der Waals surface area contributed by atoms with Crippen molar-refractivity contribution in [1.82, 2.24) is 9.97 Å². The molecule has 0 saturated heterocycles. The number of para-hydroxylation sites is 2. The SMILES string of the molecule is COc1cc(NS(C)(=O)=O)ccc1Nc1c2cccc(C)c2nc2c1[nH]c1ccccc12. The number of hydrogen-bond donors (Lipinski definition) is 3. The minimum absolute atomic E-state index is 0.432. The van der Waals surface area contributed by atoms with Gasteiger partial charge in [0.25, 0.3) is 0 Å². The van der Waals surface area contributed by atoms with Crippen LogP contribution in [0.2, 0.25) is 0 Å². The fourth-order valence-electron chi connectivity index (χ4n) is 4.02. The van der Waals surface area contributed by atoms with Crippen molar-refractivity contribution in [2.45, 2.75) is 6.92 Å². The van der Waals surface area contributed by atoms with Crippen LogP contribution in [0.1, 0.15) is 5.56 Å². The summed E-state index contributed by atoms with van der Waals surface area (Å²) in [4.78, 5) is 8.49. The number of ether oxygens (including phenoxy) is 1. The average molecular weight is 447 g/mol. The van der Waals surface area contributed by atoms with Gasteiger partial charge in [0, 0.05) is 22.4 Å². The molecule has 0 unspecified atom stereocenters. The summed E-state index contributed by atoms with van der Waals surface area (Å²) in [5.74, 6) is 0.514. The first-order chi connectivity index (χ1) is 15.3. The molecule has 3 N–H and O–H groups in total. The Bertz CT molecular complexity index is 1610. The Kier molecular flexibility index (Phi) is 4.67. The van der Waals surface area contributed by atoms with E-state index in [4.69, 9.17) is 9.72 Å². The molecule has 2 aromatic heterocycles. The van der Waals surface area contributed by atoms with E-state index in [0.29, 0.717) is 17.1 Å². The zero-order valence-corrected chi connectivity index (χ0v) is 18.7. The van der Waals surface area contributed by atoms with Gasteiger partial charge in [0.2, 0.25) is 10.0 Å². The van der Waals surface area contributed by atoms with Crippen molar-refractivity contribution in [2.24, 2.45) is 0 Å². The van der Waals surface area contributed by atoms with Crippen molar-refractivity contribution in [3.05, 3.63) is 66.2 Å². The molecule has 32 heavy (non-hydrogen) atoms. The van der Waals surface area contributed by atoms with Gasteiger partial charge in [-0.05, 0) is 30.7 Å². The van der Waals surface area contributed by atoms with Crippen LogP contribution in [0.25, 0.3) is 32.8 Å². The second kappa shape index (κ2) is 7.42. The molecule has 0 fully saturated rings. The van der Waals surface area contributed by atoms with E-state index < -0.39 is 10.0 Å². The minimum Gasteiger partial charge on any atom is -0.494 e. The van der Waals surface area contributed by atoms with E-state index in [1.54, 1.807) is 25.3 Å². The number of rotatable bonds is 5. The number of pyridine rings is 1. The zero-order valence-electron chi connectivity index (χ0n) is 17.9. The third kappa shape index (κ3) is 3.48. The van der Waals surface area contributed by atoms with E-state index in [-0.39, 0.29) is 0 Å². The molecule has 8 heteroatoms. The molecule has 3 aromatic carbocycles. The molecular weight excluding hydrogens is 424 g/mol. The molecule has 5 aromatic rings. The lowest BCUT2D eigenvalue weighted by atomic mass is 10.1. The van der Waals surface area contributed by atoms with Gasteiger partial charge in [-0.2, -0.15) is 0 Å². The number of H-pyrrole nitrogens is 1. The summed E-state index contributed by atoms with van der Waals surface area (Å²) in [6.45, 7) is 2.05. The molecule has 0 amide bonds. The van der Waals surface area contributed by atoms with Crippen molar-refractivity contribution in [3.63, 3.8) is 0 Å². The molecule has 162 valence electrons. The number of aromatic amines is 1. The Morgan fingerprint density at radius 2 is 1.75 bits per heavy atom. The van der Waals surface area contributed by atoms with Crippen LogP contribution in [0.5, 0.6) is 5.75 Å². The summed E-state index contributed by atoms with van der Waals surface area (Å²) in [7, 11) is -1.84. The van der Waals surface area contributed by atoms with Crippen LogP contribution in [0.15, 0.2) is 60.7 Å². The van der Waals surface area contributed by atoms with E-state index >= 15 is 0 Å². The third-order valence-electron chi connectivity index (χ3n) is 5.42. The molecule has 0 atom stereocenters. The zero-order chi connectivity index (χ0) is 22.5. The van der Waals surface area contributed by atoms with Crippen LogP contribution in [0, 0.1) is 6.92 Å². The maximum absolute atomic E-state index is 11.6. The first kappa shape index (κ1) is 20.1. The Balaban J connectivity index is 1.74. The third-order valence-corrected chi connectivity index (χ3v) is 6.03. The topological polar surface area (TPSA) is 96.1 Å². The highest BCUT2D eigenvalue weighted by Gasteiger charge is 2.17. The van der Waals surface area contributed by atoms with Crippen LogP contribution >= 0.6 is 0 Å². The van der Waals surface area contributed by atoms with Crippen molar-refractivity contribution in [1.29, 1.82) is 0 Å². The molecule has 7 nitrogen and oxygen atoms in total. The van der Waals surface area contributed by atoms with Gasteiger partial charge in [-0.25, -0.2) is 13.4 Å². The van der Waals surface area contributed by atoms with Crippen LogP contribution in [0.4, 0.5) is 17.1 Å². The highest BCUT2D eigenvalue weighted by atomic mass is 32.2. The van der Waals surface area contributed by atoms with Gasteiger partial charge in [0.05, 0.1) is 47.0 Å². The Morgan fingerprint density at radius 3 is 2.53 bits per heavy atom. The molecular formula is C24H22N4O3S. The van der Waals surface area contributed by atoms with Crippen LogP contribution < -0.4 is 14.8 Å².